The smallest absolute Gasteiger partial charge is 0.0442 e. The molecule has 0 radical (unpaired) electrons. The van der Waals surface area contributed by atoms with Gasteiger partial charge in [0.2, 0.25) is 0 Å². The lowest BCUT2D eigenvalue weighted by Crippen LogP contribution is -1.87. The standard InChI is InChI=1S/C11H8ClIS/c12-11-4-3-9(13)6-8(11)7-10-2-1-5-14-10/h1-6H,7H2. The van der Waals surface area contributed by atoms with E-state index in [1.807, 2.05) is 12.1 Å². The van der Waals surface area contributed by atoms with Crippen LogP contribution in [0.3, 0.4) is 0 Å². The second kappa shape index (κ2) is 4.64. The monoisotopic (exact) mass is 334 g/mol. The van der Waals surface area contributed by atoms with Gasteiger partial charge in [-0.15, -0.1) is 11.3 Å². The first-order valence-corrected chi connectivity index (χ1v) is 6.55. The van der Waals surface area contributed by atoms with Gasteiger partial charge in [0, 0.05) is 19.9 Å². The largest absolute Gasteiger partial charge is 0.149 e. The zero-order chi connectivity index (χ0) is 9.97. The number of thiophene rings is 1. The van der Waals surface area contributed by atoms with Gasteiger partial charge in [-0.3, -0.25) is 0 Å². The Kier molecular flexibility index (Phi) is 3.47. The molecule has 0 unspecified atom stereocenters. The molecule has 0 N–H and O–H groups in total. The van der Waals surface area contributed by atoms with Crippen molar-refractivity contribution in [3.8, 4) is 0 Å². The molecule has 72 valence electrons. The minimum absolute atomic E-state index is 0.860. The van der Waals surface area contributed by atoms with Crippen LogP contribution in [0.4, 0.5) is 0 Å². The van der Waals surface area contributed by atoms with E-state index in [2.05, 4.69) is 46.2 Å². The molecule has 1 heterocycles. The zero-order valence-corrected chi connectivity index (χ0v) is 11.1. The Morgan fingerprint density at radius 3 is 2.86 bits per heavy atom. The van der Waals surface area contributed by atoms with Gasteiger partial charge in [-0.25, -0.2) is 0 Å². The van der Waals surface area contributed by atoms with E-state index in [0.717, 1.165) is 11.4 Å². The minimum atomic E-state index is 0.860. The van der Waals surface area contributed by atoms with Crippen LogP contribution in [0.25, 0.3) is 0 Å². The van der Waals surface area contributed by atoms with Gasteiger partial charge in [-0.2, -0.15) is 0 Å². The van der Waals surface area contributed by atoms with Crippen LogP contribution in [0.1, 0.15) is 10.4 Å². The van der Waals surface area contributed by atoms with Crippen molar-refractivity contribution in [2.45, 2.75) is 6.42 Å². The second-order valence-corrected chi connectivity index (χ2v) is 5.68. The van der Waals surface area contributed by atoms with E-state index < -0.39 is 0 Å². The number of halogens is 2. The van der Waals surface area contributed by atoms with E-state index in [1.165, 1.54) is 14.0 Å². The highest BCUT2D eigenvalue weighted by molar-refractivity contribution is 14.1. The Bertz CT molecular complexity index is 423. The van der Waals surface area contributed by atoms with Gasteiger partial charge in [-0.05, 0) is 57.8 Å². The number of hydrogen-bond donors (Lipinski definition) is 0. The molecular weight excluding hydrogens is 327 g/mol. The Balaban J connectivity index is 2.28. The van der Waals surface area contributed by atoms with E-state index in [0.29, 0.717) is 0 Å². The molecule has 0 amide bonds. The second-order valence-electron chi connectivity index (χ2n) is 2.99. The lowest BCUT2D eigenvalue weighted by atomic mass is 10.1. The van der Waals surface area contributed by atoms with E-state index in [-0.39, 0.29) is 0 Å². The Hall–Kier alpha value is -0.0600. The molecule has 0 fully saturated rings. The van der Waals surface area contributed by atoms with Crippen molar-refractivity contribution < 1.29 is 0 Å². The molecule has 2 rings (SSSR count). The van der Waals surface area contributed by atoms with Crippen molar-refractivity contribution in [3.05, 3.63) is 54.7 Å². The predicted molar refractivity (Wildman–Crippen MR) is 71.3 cm³/mol. The summed E-state index contributed by atoms with van der Waals surface area (Å²) < 4.78 is 1.23. The van der Waals surface area contributed by atoms with Crippen LogP contribution in [0, 0.1) is 3.57 Å². The molecule has 0 spiro atoms. The molecule has 2 aromatic rings. The van der Waals surface area contributed by atoms with Crippen LogP contribution in [0.2, 0.25) is 5.02 Å². The number of rotatable bonds is 2. The van der Waals surface area contributed by atoms with Crippen LogP contribution in [-0.4, -0.2) is 0 Å². The molecule has 0 aliphatic carbocycles. The van der Waals surface area contributed by atoms with E-state index in [9.17, 15) is 0 Å². The molecule has 0 nitrogen and oxygen atoms in total. The van der Waals surface area contributed by atoms with Crippen molar-refractivity contribution in [2.24, 2.45) is 0 Å². The quantitative estimate of drug-likeness (QED) is 0.704. The van der Waals surface area contributed by atoms with Crippen LogP contribution >= 0.6 is 45.5 Å². The van der Waals surface area contributed by atoms with Gasteiger partial charge >= 0.3 is 0 Å². The lowest BCUT2D eigenvalue weighted by molar-refractivity contribution is 1.24. The van der Waals surface area contributed by atoms with Crippen molar-refractivity contribution in [1.82, 2.24) is 0 Å². The highest BCUT2D eigenvalue weighted by Crippen LogP contribution is 2.23. The van der Waals surface area contributed by atoms with Crippen LogP contribution in [0.5, 0.6) is 0 Å². The topological polar surface area (TPSA) is 0 Å². The van der Waals surface area contributed by atoms with Gasteiger partial charge in [0.1, 0.15) is 0 Å². The maximum Gasteiger partial charge on any atom is 0.0442 e. The molecule has 14 heavy (non-hydrogen) atoms. The summed E-state index contributed by atoms with van der Waals surface area (Å²) in [6.07, 6.45) is 0.938. The van der Waals surface area contributed by atoms with E-state index >= 15 is 0 Å². The summed E-state index contributed by atoms with van der Waals surface area (Å²) >= 11 is 10.2. The fourth-order valence-electron chi connectivity index (χ4n) is 1.28. The lowest BCUT2D eigenvalue weighted by Gasteiger charge is -2.02. The first kappa shape index (κ1) is 10.5. The van der Waals surface area contributed by atoms with Gasteiger partial charge in [-0.1, -0.05) is 17.7 Å². The third kappa shape index (κ3) is 2.49. The number of hydrogen-bond acceptors (Lipinski definition) is 1. The highest BCUT2D eigenvalue weighted by Gasteiger charge is 2.02. The Labute approximate surface area is 106 Å². The SMILES string of the molecule is Clc1ccc(I)cc1Cc1cccs1. The third-order valence-corrected chi connectivity index (χ3v) is 3.87. The molecule has 0 aliphatic heterocycles. The molecule has 0 aliphatic rings. The highest BCUT2D eigenvalue weighted by atomic mass is 127. The van der Waals surface area contributed by atoms with Crippen molar-refractivity contribution in [1.29, 1.82) is 0 Å². The van der Waals surface area contributed by atoms with E-state index in [1.54, 1.807) is 11.3 Å². The zero-order valence-electron chi connectivity index (χ0n) is 7.34. The first-order chi connectivity index (χ1) is 6.75. The fourth-order valence-corrected chi connectivity index (χ4v) is 2.75. The van der Waals surface area contributed by atoms with Crippen molar-refractivity contribution in [3.63, 3.8) is 0 Å². The summed E-state index contributed by atoms with van der Waals surface area (Å²) in [6.45, 7) is 0. The summed E-state index contributed by atoms with van der Waals surface area (Å²) in [5, 5.41) is 2.95. The van der Waals surface area contributed by atoms with Gasteiger partial charge in [0.25, 0.3) is 0 Å². The molecule has 0 saturated heterocycles. The normalized spacial score (nSPS) is 10.4. The molecule has 3 heteroatoms. The molecular formula is C11H8ClIS. The molecule has 0 bridgehead atoms. The van der Waals surface area contributed by atoms with Crippen molar-refractivity contribution in [2.75, 3.05) is 0 Å². The predicted octanol–water partition coefficient (Wildman–Crippen LogP) is 4.60. The molecule has 0 saturated carbocycles. The molecule has 0 atom stereocenters. The van der Waals surface area contributed by atoms with Crippen LogP contribution < -0.4 is 0 Å². The maximum atomic E-state index is 6.11. The average Bonchev–Trinajstić information content (AvgIpc) is 2.64. The minimum Gasteiger partial charge on any atom is -0.149 e. The Morgan fingerprint density at radius 2 is 2.14 bits per heavy atom. The van der Waals surface area contributed by atoms with Gasteiger partial charge < -0.3 is 0 Å². The summed E-state index contributed by atoms with van der Waals surface area (Å²) in [6, 6.07) is 10.3. The average molecular weight is 335 g/mol. The summed E-state index contributed by atoms with van der Waals surface area (Å²) in [7, 11) is 0. The summed E-state index contributed by atoms with van der Waals surface area (Å²) in [5.41, 5.74) is 1.21. The van der Waals surface area contributed by atoms with Crippen LogP contribution in [-0.2, 0) is 6.42 Å². The summed E-state index contributed by atoms with van der Waals surface area (Å²) in [5.74, 6) is 0. The third-order valence-electron chi connectivity index (χ3n) is 1.95. The molecule has 1 aromatic heterocycles. The first-order valence-electron chi connectivity index (χ1n) is 4.22. The molecule has 1 aromatic carbocycles. The summed E-state index contributed by atoms with van der Waals surface area (Å²) in [4.78, 5) is 1.36. The fraction of sp³-hybridized carbons (Fsp3) is 0.0909. The van der Waals surface area contributed by atoms with Gasteiger partial charge in [0.15, 0.2) is 0 Å². The van der Waals surface area contributed by atoms with Crippen molar-refractivity contribution >= 4 is 45.5 Å². The Morgan fingerprint density at radius 1 is 1.29 bits per heavy atom. The van der Waals surface area contributed by atoms with Crippen LogP contribution in [0.15, 0.2) is 35.7 Å². The maximum absolute atomic E-state index is 6.11. The van der Waals surface area contributed by atoms with Gasteiger partial charge in [0.05, 0.1) is 0 Å². The number of benzene rings is 1. The van der Waals surface area contributed by atoms with E-state index in [4.69, 9.17) is 11.6 Å².